The van der Waals surface area contributed by atoms with Crippen LogP contribution in [0.2, 0.25) is 0 Å². The van der Waals surface area contributed by atoms with Gasteiger partial charge in [-0.1, -0.05) is 69.3 Å². The van der Waals surface area contributed by atoms with Crippen molar-refractivity contribution in [1.29, 1.82) is 0 Å². The van der Waals surface area contributed by atoms with Crippen LogP contribution in [-0.2, 0) is 20.1 Å². The van der Waals surface area contributed by atoms with E-state index in [1.165, 1.54) is 17.5 Å². The average Bonchev–Trinajstić information content (AvgIpc) is 2.94. The van der Waals surface area contributed by atoms with Crippen molar-refractivity contribution in [2.45, 2.75) is 103 Å². The number of nitroso groups, excluding NO2 is 1. The highest BCUT2D eigenvalue weighted by atomic mass is 16.7. The molecule has 176 valence electrons. The molecule has 0 radical (unpaired) electrons. The van der Waals surface area contributed by atoms with E-state index >= 15 is 0 Å². The van der Waals surface area contributed by atoms with Crippen LogP contribution >= 0.6 is 0 Å². The molecule has 1 atom stereocenters. The normalized spacial score (nSPS) is 23.1. The summed E-state index contributed by atoms with van der Waals surface area (Å²) in [6.45, 7) is 19.6. The molecule has 1 heterocycles. The highest BCUT2D eigenvalue weighted by molar-refractivity contribution is 6.62. The van der Waals surface area contributed by atoms with Crippen LogP contribution in [0.3, 0.4) is 0 Å². The van der Waals surface area contributed by atoms with Crippen LogP contribution in [0, 0.1) is 11.8 Å². The Morgan fingerprint density at radius 3 is 1.79 bits per heavy atom. The second kappa shape index (κ2) is 7.78. The van der Waals surface area contributed by atoms with Gasteiger partial charge in [0, 0.05) is 0 Å². The molecule has 2 aromatic carbocycles. The lowest BCUT2D eigenvalue weighted by Crippen LogP contribution is -2.41. The smallest absolute Gasteiger partial charge is 0.399 e. The summed E-state index contributed by atoms with van der Waals surface area (Å²) in [4.78, 5) is 12.1. The molecule has 33 heavy (non-hydrogen) atoms. The molecular weight excluding hydrogens is 409 g/mol. The van der Waals surface area contributed by atoms with E-state index in [0.717, 1.165) is 28.6 Å². The highest BCUT2D eigenvalue weighted by Gasteiger charge is 2.51. The molecule has 0 bridgehead atoms. The number of nitrogens with zero attached hydrogens (tertiary/aromatic N) is 1. The maximum Gasteiger partial charge on any atom is 0.494 e. The summed E-state index contributed by atoms with van der Waals surface area (Å²) in [7, 11) is -0.416. The van der Waals surface area contributed by atoms with E-state index < -0.39 is 13.2 Å². The molecule has 1 aliphatic carbocycles. The Labute approximate surface area is 199 Å². The maximum absolute atomic E-state index is 12.1. The van der Waals surface area contributed by atoms with Crippen molar-refractivity contribution in [2.75, 3.05) is 0 Å². The van der Waals surface area contributed by atoms with Crippen molar-refractivity contribution < 1.29 is 9.31 Å². The van der Waals surface area contributed by atoms with Crippen LogP contribution in [0.1, 0.15) is 102 Å². The summed E-state index contributed by atoms with van der Waals surface area (Å²) in [5.74, 6) is 0. The van der Waals surface area contributed by atoms with E-state index in [9.17, 15) is 4.91 Å². The Bertz CT molecular complexity index is 1050. The molecule has 0 aromatic heterocycles. The molecule has 1 saturated heterocycles. The second-order valence-electron chi connectivity index (χ2n) is 12.3. The first kappa shape index (κ1) is 24.2. The van der Waals surface area contributed by atoms with Crippen molar-refractivity contribution >= 4 is 12.6 Å². The average molecular weight is 447 g/mol. The number of hydrogen-bond acceptors (Lipinski definition) is 4. The Morgan fingerprint density at radius 2 is 1.30 bits per heavy atom. The quantitative estimate of drug-likeness (QED) is 0.397. The van der Waals surface area contributed by atoms with Gasteiger partial charge in [-0.15, -0.1) is 4.91 Å². The van der Waals surface area contributed by atoms with E-state index in [2.05, 4.69) is 79.6 Å². The molecule has 1 fully saturated rings. The van der Waals surface area contributed by atoms with Gasteiger partial charge in [-0.25, -0.2) is 0 Å². The van der Waals surface area contributed by atoms with Crippen molar-refractivity contribution in [3.8, 4) is 0 Å². The van der Waals surface area contributed by atoms with Crippen LogP contribution in [0.5, 0.6) is 0 Å². The largest absolute Gasteiger partial charge is 0.494 e. The molecule has 1 aliphatic heterocycles. The van der Waals surface area contributed by atoms with Gasteiger partial charge in [0.1, 0.15) is 6.04 Å². The van der Waals surface area contributed by atoms with Gasteiger partial charge in [0.25, 0.3) is 0 Å². The predicted molar refractivity (Wildman–Crippen MR) is 136 cm³/mol. The van der Waals surface area contributed by atoms with Gasteiger partial charge in [0.2, 0.25) is 0 Å². The fourth-order valence-corrected chi connectivity index (χ4v) is 5.15. The van der Waals surface area contributed by atoms with Crippen molar-refractivity contribution in [1.82, 2.24) is 0 Å². The monoisotopic (exact) mass is 447 g/mol. The Morgan fingerprint density at radius 1 is 0.818 bits per heavy atom. The molecule has 0 N–H and O–H groups in total. The topological polar surface area (TPSA) is 47.9 Å². The minimum absolute atomic E-state index is 0.0847. The van der Waals surface area contributed by atoms with Gasteiger partial charge in [-0.3, -0.25) is 0 Å². The lowest BCUT2D eigenvalue weighted by molar-refractivity contribution is 0.00578. The second-order valence-corrected chi connectivity index (χ2v) is 12.3. The Kier molecular flexibility index (Phi) is 5.69. The van der Waals surface area contributed by atoms with Crippen LogP contribution in [0.4, 0.5) is 0 Å². The SMILES string of the molecule is Cc1cc2c(cc1C(N=O)c1ccc(B3OC(C)(C)C(C)(C)O3)cc1)C(C)(C)CCC2(C)C. The van der Waals surface area contributed by atoms with Crippen LogP contribution in [0.15, 0.2) is 41.6 Å². The summed E-state index contributed by atoms with van der Waals surface area (Å²) >= 11 is 0. The zero-order chi connectivity index (χ0) is 24.4. The van der Waals surface area contributed by atoms with Crippen LogP contribution < -0.4 is 5.46 Å². The molecule has 0 saturated carbocycles. The molecule has 5 heteroatoms. The zero-order valence-electron chi connectivity index (χ0n) is 21.7. The molecule has 0 amide bonds. The first-order valence-corrected chi connectivity index (χ1v) is 12.1. The minimum Gasteiger partial charge on any atom is -0.399 e. The number of hydrogen-bond donors (Lipinski definition) is 0. The number of aryl methyl sites for hydroxylation is 1. The third-order valence-corrected chi connectivity index (χ3v) is 8.42. The Balaban J connectivity index is 1.68. The van der Waals surface area contributed by atoms with Gasteiger partial charge in [-0.05, 0) is 91.6 Å². The van der Waals surface area contributed by atoms with Crippen molar-refractivity contribution in [3.05, 3.63) is 69.1 Å². The number of fused-ring (bicyclic) bond motifs is 1. The first-order chi connectivity index (χ1) is 15.2. The summed E-state index contributed by atoms with van der Waals surface area (Å²) in [5.41, 5.74) is 6.17. The minimum atomic E-state index is -0.538. The molecular formula is C28H38BNO3. The standard InChI is InChI=1S/C28H38BNO3/c1-18-16-22-23(26(4,5)15-14-25(22,2)3)17-21(18)24(30-31)19-10-12-20(13-11-19)29-32-27(6,7)28(8,9)33-29/h10-13,16-17,24H,14-15H2,1-9H3. The fraction of sp³-hybridized carbons (Fsp3) is 0.571. The Hall–Kier alpha value is -1.98. The van der Waals surface area contributed by atoms with Gasteiger partial charge < -0.3 is 9.31 Å². The predicted octanol–water partition coefficient (Wildman–Crippen LogP) is 6.50. The van der Waals surface area contributed by atoms with E-state index in [1.54, 1.807) is 0 Å². The summed E-state index contributed by atoms with van der Waals surface area (Å²) in [6.07, 6.45) is 2.30. The number of benzene rings is 2. The van der Waals surface area contributed by atoms with Crippen molar-refractivity contribution in [2.24, 2.45) is 5.18 Å². The van der Waals surface area contributed by atoms with E-state index in [0.29, 0.717) is 0 Å². The van der Waals surface area contributed by atoms with Crippen molar-refractivity contribution in [3.63, 3.8) is 0 Å². The van der Waals surface area contributed by atoms with Gasteiger partial charge in [-0.2, -0.15) is 0 Å². The van der Waals surface area contributed by atoms with E-state index in [4.69, 9.17) is 9.31 Å². The molecule has 4 nitrogen and oxygen atoms in total. The molecule has 2 aromatic rings. The zero-order valence-corrected chi connectivity index (χ0v) is 21.7. The van der Waals surface area contributed by atoms with Gasteiger partial charge in [0.05, 0.1) is 11.2 Å². The molecule has 1 unspecified atom stereocenters. The van der Waals surface area contributed by atoms with Gasteiger partial charge in [0.15, 0.2) is 0 Å². The summed E-state index contributed by atoms with van der Waals surface area (Å²) < 4.78 is 12.4. The third kappa shape index (κ3) is 4.08. The lowest BCUT2D eigenvalue weighted by Gasteiger charge is -2.42. The fourth-order valence-electron chi connectivity index (χ4n) is 5.15. The van der Waals surface area contributed by atoms with Crippen LogP contribution in [0.25, 0.3) is 0 Å². The van der Waals surface area contributed by atoms with E-state index in [-0.39, 0.29) is 22.0 Å². The first-order valence-electron chi connectivity index (χ1n) is 12.1. The molecule has 0 spiro atoms. The maximum atomic E-state index is 12.1. The summed E-state index contributed by atoms with van der Waals surface area (Å²) in [6, 6.07) is 12.0. The third-order valence-electron chi connectivity index (χ3n) is 8.42. The molecule has 2 aliphatic rings. The summed E-state index contributed by atoms with van der Waals surface area (Å²) in [5, 5.41) is 3.58. The van der Waals surface area contributed by atoms with E-state index in [1.807, 2.05) is 24.3 Å². The molecule has 4 rings (SSSR count). The van der Waals surface area contributed by atoms with Crippen LogP contribution in [-0.4, -0.2) is 18.3 Å². The highest BCUT2D eigenvalue weighted by Crippen LogP contribution is 2.47. The lowest BCUT2D eigenvalue weighted by atomic mass is 9.62. The number of rotatable bonds is 4. The van der Waals surface area contributed by atoms with Gasteiger partial charge >= 0.3 is 7.12 Å².